The Hall–Kier alpha value is -2.79. The number of imidazole rings is 1. The lowest BCUT2D eigenvalue weighted by Gasteiger charge is -2.18. The molecule has 0 unspecified atom stereocenters. The summed E-state index contributed by atoms with van der Waals surface area (Å²) in [6.45, 7) is 5.11. The van der Waals surface area contributed by atoms with Gasteiger partial charge in [0.25, 0.3) is 0 Å². The molecule has 178 valence electrons. The first kappa shape index (κ1) is 24.8. The average Bonchev–Trinajstić information content (AvgIpc) is 3.10. The van der Waals surface area contributed by atoms with Crippen molar-refractivity contribution in [2.24, 2.45) is 5.41 Å². The molecule has 2 aromatic heterocycles. The number of aromatic nitrogens is 3. The van der Waals surface area contributed by atoms with E-state index in [0.717, 1.165) is 0 Å². The summed E-state index contributed by atoms with van der Waals surface area (Å²) >= 11 is -1.73. The Kier molecular flexibility index (Phi) is 7.23. The molecule has 0 radical (unpaired) electrons. The van der Waals surface area contributed by atoms with Gasteiger partial charge >= 0.3 is 17.3 Å². The van der Waals surface area contributed by atoms with E-state index in [0.29, 0.717) is 22.3 Å². The second-order valence-electron chi connectivity index (χ2n) is 8.40. The van der Waals surface area contributed by atoms with Crippen LogP contribution < -0.4 is 4.74 Å². The molecule has 33 heavy (non-hydrogen) atoms. The first-order valence-corrected chi connectivity index (χ1v) is 11.3. The second kappa shape index (κ2) is 9.60. The number of carbonyl (C=O) groups is 1. The number of benzene rings is 1. The van der Waals surface area contributed by atoms with Crippen molar-refractivity contribution >= 4 is 28.2 Å². The fourth-order valence-electron chi connectivity index (χ4n) is 2.90. The molecule has 0 saturated carbocycles. The standard InChI is InChI=1S/C22H24F3N3O4S/c1-14-16(26-10-9-18(14)31-12-22(23,24)25)11-33(30)20-27-15-7-5-6-8-17(15)28(20)13-32-19(29)21(2,3)4/h5-10H,11-13H2,1-4H3/t33-/m1/s1. The van der Waals surface area contributed by atoms with Crippen LogP contribution in [0.2, 0.25) is 0 Å². The van der Waals surface area contributed by atoms with Gasteiger partial charge in [0, 0.05) is 22.9 Å². The van der Waals surface area contributed by atoms with Gasteiger partial charge in [-0.25, -0.2) is 4.57 Å². The summed E-state index contributed by atoms with van der Waals surface area (Å²) in [6.07, 6.45) is -3.17. The molecule has 0 spiro atoms. The van der Waals surface area contributed by atoms with E-state index in [9.17, 15) is 22.5 Å². The van der Waals surface area contributed by atoms with Crippen LogP contribution in [0.4, 0.5) is 13.2 Å². The summed E-state index contributed by atoms with van der Waals surface area (Å²) in [6, 6.07) is 8.40. The van der Waals surface area contributed by atoms with Crippen LogP contribution >= 0.6 is 0 Å². The van der Waals surface area contributed by atoms with Gasteiger partial charge in [-0.05, 0) is 45.9 Å². The van der Waals surface area contributed by atoms with Crippen LogP contribution in [0.1, 0.15) is 32.0 Å². The van der Waals surface area contributed by atoms with Crippen molar-refractivity contribution < 1.29 is 32.0 Å². The molecule has 0 aliphatic rings. The highest BCUT2D eigenvalue weighted by Gasteiger charge is 2.30. The van der Waals surface area contributed by atoms with E-state index in [2.05, 4.69) is 9.97 Å². The van der Waals surface area contributed by atoms with E-state index < -0.39 is 35.3 Å². The Morgan fingerprint density at radius 3 is 2.55 bits per heavy atom. The van der Waals surface area contributed by atoms with Gasteiger partial charge in [0.1, 0.15) is 5.75 Å². The number of nitrogens with zero attached hydrogens (tertiary/aromatic N) is 3. The number of fused-ring (bicyclic) bond motifs is 1. The van der Waals surface area contributed by atoms with Gasteiger partial charge in [0.05, 0.1) is 22.1 Å². The van der Waals surface area contributed by atoms with Crippen LogP contribution in [0, 0.1) is 12.3 Å². The van der Waals surface area contributed by atoms with Crippen molar-refractivity contribution in [3.05, 3.63) is 47.8 Å². The molecular weight excluding hydrogens is 459 g/mol. The Labute approximate surface area is 192 Å². The number of para-hydroxylation sites is 2. The smallest absolute Gasteiger partial charge is 0.422 e. The van der Waals surface area contributed by atoms with Crippen molar-refractivity contribution in [3.8, 4) is 5.75 Å². The topological polar surface area (TPSA) is 89.3 Å². The van der Waals surface area contributed by atoms with Gasteiger partial charge in [0.15, 0.2) is 19.1 Å². The summed E-state index contributed by atoms with van der Waals surface area (Å²) in [7, 11) is 0. The van der Waals surface area contributed by atoms with Crippen LogP contribution in [0.5, 0.6) is 5.75 Å². The zero-order chi connectivity index (χ0) is 24.4. The van der Waals surface area contributed by atoms with Crippen LogP contribution in [0.15, 0.2) is 41.7 Å². The Morgan fingerprint density at radius 1 is 1.18 bits per heavy atom. The van der Waals surface area contributed by atoms with Gasteiger partial charge in [-0.1, -0.05) is 12.1 Å². The number of halogens is 3. The molecule has 0 fully saturated rings. The summed E-state index contributed by atoms with van der Waals surface area (Å²) in [5, 5.41) is 0.167. The van der Waals surface area contributed by atoms with Gasteiger partial charge in [-0.2, -0.15) is 18.2 Å². The monoisotopic (exact) mass is 483 g/mol. The fraction of sp³-hybridized carbons (Fsp3) is 0.409. The number of hydrogen-bond acceptors (Lipinski definition) is 6. The number of rotatable bonds is 7. The van der Waals surface area contributed by atoms with Crippen molar-refractivity contribution in [1.82, 2.24) is 14.5 Å². The third-order valence-corrected chi connectivity index (χ3v) is 5.93. The summed E-state index contributed by atoms with van der Waals surface area (Å²) in [5.74, 6) is -0.517. The van der Waals surface area contributed by atoms with Crippen LogP contribution in [-0.4, -0.2) is 37.8 Å². The second-order valence-corrected chi connectivity index (χ2v) is 9.74. The first-order valence-electron chi connectivity index (χ1n) is 10.0. The lowest BCUT2D eigenvalue weighted by molar-refractivity contribution is -0.157. The summed E-state index contributed by atoms with van der Waals surface area (Å²) < 4.78 is 62.6. The molecule has 0 bridgehead atoms. The molecule has 1 aromatic carbocycles. The van der Waals surface area contributed by atoms with Crippen molar-refractivity contribution in [2.45, 2.75) is 51.5 Å². The van der Waals surface area contributed by atoms with Crippen LogP contribution in [0.25, 0.3) is 11.0 Å². The highest BCUT2D eigenvalue weighted by Crippen LogP contribution is 2.27. The van der Waals surface area contributed by atoms with E-state index in [1.807, 2.05) is 0 Å². The van der Waals surface area contributed by atoms with Gasteiger partial charge in [-0.15, -0.1) is 0 Å². The van der Waals surface area contributed by atoms with Crippen molar-refractivity contribution in [2.75, 3.05) is 6.61 Å². The molecular formula is C22H24F3N3O4S. The molecule has 11 heteroatoms. The number of carbonyl (C=O) groups excluding carboxylic acids is 1. The van der Waals surface area contributed by atoms with Gasteiger partial charge in [0.2, 0.25) is 0 Å². The zero-order valence-corrected chi connectivity index (χ0v) is 19.4. The summed E-state index contributed by atoms with van der Waals surface area (Å²) in [5.41, 5.74) is 1.16. The van der Waals surface area contributed by atoms with Crippen LogP contribution in [-0.2, 0) is 33.2 Å². The first-order chi connectivity index (χ1) is 15.4. The van der Waals surface area contributed by atoms with Gasteiger partial charge < -0.3 is 14.0 Å². The van der Waals surface area contributed by atoms with E-state index in [1.165, 1.54) is 12.3 Å². The minimum Gasteiger partial charge on any atom is -0.609 e. The third-order valence-electron chi connectivity index (χ3n) is 4.68. The molecule has 0 aliphatic heterocycles. The fourth-order valence-corrected chi connectivity index (χ4v) is 4.17. The predicted octanol–water partition coefficient (Wildman–Crippen LogP) is 4.54. The highest BCUT2D eigenvalue weighted by atomic mass is 32.2. The van der Waals surface area contributed by atoms with Crippen LogP contribution in [0.3, 0.4) is 0 Å². The SMILES string of the molecule is Cc1c(OCC(F)(F)F)ccnc1C[S@@+]([O-])c1nc2ccccc2n1COC(=O)C(C)(C)C. The number of hydrogen-bond donors (Lipinski definition) is 0. The van der Waals surface area contributed by atoms with E-state index in [4.69, 9.17) is 9.47 Å². The number of alkyl halides is 3. The van der Waals surface area contributed by atoms with Crippen molar-refractivity contribution in [1.29, 1.82) is 0 Å². The maximum absolute atomic E-state index is 13.3. The minimum atomic E-state index is -4.48. The maximum Gasteiger partial charge on any atom is 0.422 e. The molecule has 3 aromatic rings. The average molecular weight is 484 g/mol. The zero-order valence-electron chi connectivity index (χ0n) is 18.6. The molecule has 1 atom stereocenters. The van der Waals surface area contributed by atoms with E-state index in [1.54, 1.807) is 56.5 Å². The van der Waals surface area contributed by atoms with E-state index in [-0.39, 0.29) is 23.4 Å². The quantitative estimate of drug-likeness (QED) is 0.362. The molecule has 7 nitrogen and oxygen atoms in total. The summed E-state index contributed by atoms with van der Waals surface area (Å²) in [4.78, 5) is 20.8. The number of pyridine rings is 1. The molecule has 0 amide bonds. The lowest BCUT2D eigenvalue weighted by atomic mass is 9.98. The minimum absolute atomic E-state index is 0.0157. The Balaban J connectivity index is 1.87. The predicted molar refractivity (Wildman–Crippen MR) is 116 cm³/mol. The Bertz CT molecular complexity index is 1140. The normalized spacial score (nSPS) is 13.2. The Morgan fingerprint density at radius 2 is 1.88 bits per heavy atom. The lowest BCUT2D eigenvalue weighted by Crippen LogP contribution is -2.25. The molecule has 0 N–H and O–H groups in total. The molecule has 2 heterocycles. The molecule has 3 rings (SSSR count). The third kappa shape index (κ3) is 6.17. The largest absolute Gasteiger partial charge is 0.609 e. The molecule has 0 aliphatic carbocycles. The number of esters is 1. The highest BCUT2D eigenvalue weighted by molar-refractivity contribution is 7.90. The van der Waals surface area contributed by atoms with Crippen molar-refractivity contribution in [3.63, 3.8) is 0 Å². The number of ether oxygens (including phenoxy) is 2. The maximum atomic E-state index is 13.3. The van der Waals surface area contributed by atoms with E-state index >= 15 is 0 Å². The molecule has 0 saturated heterocycles. The van der Waals surface area contributed by atoms with Gasteiger partial charge in [-0.3, -0.25) is 9.78 Å².